The van der Waals surface area contributed by atoms with Crippen molar-refractivity contribution < 1.29 is 55.7 Å². The smallest absolute Gasteiger partial charge is 0.416 e. The summed E-state index contributed by atoms with van der Waals surface area (Å²) in [7, 11) is 0. The van der Waals surface area contributed by atoms with Gasteiger partial charge in [0.15, 0.2) is 0 Å². The molecule has 0 radical (unpaired) electrons. The van der Waals surface area contributed by atoms with Crippen LogP contribution in [0.15, 0.2) is 158 Å². The van der Waals surface area contributed by atoms with Crippen molar-refractivity contribution in [2.24, 2.45) is 0 Å². The molecule has 0 fully saturated rings. The summed E-state index contributed by atoms with van der Waals surface area (Å²) in [6.45, 7) is 0.807. The van der Waals surface area contributed by atoms with E-state index >= 15 is 0 Å². The molecule has 0 unspecified atom stereocenters. The Morgan fingerprint density at radius 3 is 1.08 bits per heavy atom. The Bertz CT molecular complexity index is 2750. The van der Waals surface area contributed by atoms with Gasteiger partial charge in [-0.3, -0.25) is 9.59 Å². The van der Waals surface area contributed by atoms with E-state index in [0.29, 0.717) is 57.1 Å². The van der Waals surface area contributed by atoms with E-state index in [2.05, 4.69) is 0 Å². The number of benzene rings is 6. The summed E-state index contributed by atoms with van der Waals surface area (Å²) in [6.07, 6.45) is -5.95. The number of hydrogen-bond acceptors (Lipinski definition) is 4. The van der Waals surface area contributed by atoms with Gasteiger partial charge < -0.3 is 19.3 Å². The highest BCUT2D eigenvalue weighted by Gasteiger charge is 2.32. The van der Waals surface area contributed by atoms with E-state index in [9.17, 15) is 55.7 Å². The van der Waals surface area contributed by atoms with Crippen LogP contribution in [-0.2, 0) is 35.0 Å². The first-order valence-electron chi connectivity index (χ1n) is 18.7. The Morgan fingerprint density at radius 1 is 0.435 bits per heavy atom. The molecule has 312 valence electrons. The Balaban J connectivity index is 0.000000186. The van der Waals surface area contributed by atoms with Crippen LogP contribution in [-0.4, -0.2) is 42.9 Å². The lowest BCUT2D eigenvalue weighted by molar-refractivity contribution is -0.138. The molecule has 0 spiro atoms. The van der Waals surface area contributed by atoms with Crippen molar-refractivity contribution in [3.05, 3.63) is 191 Å². The minimum atomic E-state index is -4.46. The van der Waals surface area contributed by atoms with Gasteiger partial charge >= 0.3 is 24.3 Å². The van der Waals surface area contributed by atoms with Gasteiger partial charge in [-0.05, 0) is 69.8 Å². The van der Waals surface area contributed by atoms with Crippen LogP contribution in [0.5, 0.6) is 0 Å². The van der Waals surface area contributed by atoms with Gasteiger partial charge in [0, 0.05) is 47.3 Å². The molecule has 0 aliphatic carbocycles. The molecule has 0 saturated heterocycles. The molecule has 8 aromatic rings. The first-order chi connectivity index (χ1) is 29.5. The van der Waals surface area contributed by atoms with Crippen LogP contribution in [0.3, 0.4) is 0 Å². The molecule has 0 atom stereocenters. The summed E-state index contributed by atoms with van der Waals surface area (Å²) >= 11 is 0. The van der Waals surface area contributed by atoms with E-state index in [1.807, 2.05) is 60.7 Å². The molecule has 0 saturated carbocycles. The quantitative estimate of drug-likeness (QED) is 0.0804. The van der Waals surface area contributed by atoms with Crippen LogP contribution < -0.4 is 0 Å². The average Bonchev–Trinajstić information content (AvgIpc) is 3.81. The summed E-state index contributed by atoms with van der Waals surface area (Å²) in [5.41, 5.74) is 3.44. The molecular formula is C48H32F6N2O6. The number of alkyl halides is 6. The van der Waals surface area contributed by atoms with Crippen molar-refractivity contribution in [2.75, 3.05) is 0 Å². The number of Topliss-reactive ketones (excluding diaryl/α,β-unsaturated/α-hetero) is 2. The third kappa shape index (κ3) is 8.89. The van der Waals surface area contributed by atoms with Gasteiger partial charge in [0.05, 0.1) is 22.3 Å². The monoisotopic (exact) mass is 846 g/mol. The topological polar surface area (TPSA) is 119 Å². The molecule has 2 heterocycles. The third-order valence-electron chi connectivity index (χ3n) is 10.1. The molecule has 0 amide bonds. The highest BCUT2D eigenvalue weighted by molar-refractivity contribution is 6.43. The highest BCUT2D eigenvalue weighted by Crippen LogP contribution is 2.38. The summed E-state index contributed by atoms with van der Waals surface area (Å²) in [5.74, 6) is -5.34. The zero-order valence-corrected chi connectivity index (χ0v) is 32.1. The molecular weight excluding hydrogens is 815 g/mol. The number of fused-ring (bicyclic) bond motifs is 2. The van der Waals surface area contributed by atoms with Gasteiger partial charge in [0.1, 0.15) is 0 Å². The molecule has 8 rings (SSSR count). The lowest BCUT2D eigenvalue weighted by atomic mass is 9.97. The zero-order chi connectivity index (χ0) is 44.3. The lowest BCUT2D eigenvalue weighted by Gasteiger charge is -2.10. The van der Waals surface area contributed by atoms with E-state index in [1.54, 1.807) is 45.5 Å². The van der Waals surface area contributed by atoms with Gasteiger partial charge in [0.2, 0.25) is 0 Å². The van der Waals surface area contributed by atoms with Gasteiger partial charge in [-0.2, -0.15) is 26.3 Å². The standard InChI is InChI=1S/2C24H16F3NO3/c2*25-24(26,27)17-11-9-16(10-12-17)18-7-4-8-20-21(18)19(22(29)23(30)31)14-28(20)13-15-5-2-1-3-6-15/h2*1-12,14H,13H2,(H,30,31). The fourth-order valence-electron chi connectivity index (χ4n) is 7.26. The average molecular weight is 847 g/mol. The van der Waals surface area contributed by atoms with Crippen LogP contribution in [0, 0.1) is 0 Å². The molecule has 14 heteroatoms. The second-order valence-electron chi connectivity index (χ2n) is 14.1. The number of ketones is 2. The number of nitrogens with zero attached hydrogens (tertiary/aromatic N) is 2. The summed E-state index contributed by atoms with van der Waals surface area (Å²) in [5, 5.41) is 19.4. The Kier molecular flexibility index (Phi) is 11.7. The molecule has 2 aromatic heterocycles. The Labute approximate surface area is 348 Å². The summed E-state index contributed by atoms with van der Waals surface area (Å²) in [6, 6.07) is 38.3. The number of halogens is 6. The van der Waals surface area contributed by atoms with Crippen LogP contribution in [0.4, 0.5) is 26.3 Å². The minimum Gasteiger partial charge on any atom is -0.475 e. The van der Waals surface area contributed by atoms with Crippen LogP contribution in [0.1, 0.15) is 43.0 Å². The number of carboxylic acids is 2. The van der Waals surface area contributed by atoms with Gasteiger partial charge in [-0.1, -0.05) is 109 Å². The van der Waals surface area contributed by atoms with Crippen molar-refractivity contribution in [1.29, 1.82) is 0 Å². The number of aliphatic carboxylic acids is 2. The summed E-state index contributed by atoms with van der Waals surface area (Å²) in [4.78, 5) is 47.7. The molecule has 0 aliphatic rings. The fraction of sp³-hybridized carbons (Fsp3) is 0.0833. The van der Waals surface area contributed by atoms with Crippen LogP contribution >= 0.6 is 0 Å². The molecule has 0 aliphatic heterocycles. The van der Waals surface area contributed by atoms with Gasteiger partial charge in [-0.15, -0.1) is 0 Å². The maximum Gasteiger partial charge on any atom is 0.416 e. The van der Waals surface area contributed by atoms with E-state index in [-0.39, 0.29) is 11.1 Å². The molecule has 62 heavy (non-hydrogen) atoms. The van der Waals surface area contributed by atoms with E-state index in [1.165, 1.54) is 36.7 Å². The number of rotatable bonds is 10. The van der Waals surface area contributed by atoms with Crippen molar-refractivity contribution in [1.82, 2.24) is 9.13 Å². The predicted octanol–water partition coefficient (Wildman–Crippen LogP) is 11.3. The second-order valence-corrected chi connectivity index (χ2v) is 14.1. The number of aromatic nitrogens is 2. The second kappa shape index (κ2) is 17.1. The van der Waals surface area contributed by atoms with E-state index < -0.39 is 47.0 Å². The lowest BCUT2D eigenvalue weighted by Crippen LogP contribution is -2.12. The first-order valence-corrected chi connectivity index (χ1v) is 18.7. The van der Waals surface area contributed by atoms with E-state index in [0.717, 1.165) is 35.4 Å². The van der Waals surface area contributed by atoms with Gasteiger partial charge in [0.25, 0.3) is 11.6 Å². The predicted molar refractivity (Wildman–Crippen MR) is 220 cm³/mol. The fourth-order valence-corrected chi connectivity index (χ4v) is 7.26. The van der Waals surface area contributed by atoms with Crippen molar-refractivity contribution in [3.8, 4) is 22.3 Å². The molecule has 6 aromatic carbocycles. The number of carboxylic acid groups (broad SMARTS) is 2. The largest absolute Gasteiger partial charge is 0.475 e. The SMILES string of the molecule is O=C(O)C(=O)c1cn(Cc2ccccc2)c2cccc(-c3ccc(C(F)(F)F)cc3)c12.O=C(O)C(=O)c1cn(Cc2ccccc2)c2cccc(-c3ccc(C(F)(F)F)cc3)c12. The Morgan fingerprint density at radius 2 is 0.774 bits per heavy atom. The van der Waals surface area contributed by atoms with Crippen LogP contribution in [0.2, 0.25) is 0 Å². The number of hydrogen-bond donors (Lipinski definition) is 2. The Hall–Kier alpha value is -7.74. The first kappa shape index (κ1) is 42.4. The number of carbonyl (C=O) groups excluding carboxylic acids is 2. The maximum atomic E-state index is 12.9. The van der Waals surface area contributed by atoms with Gasteiger partial charge in [-0.25, -0.2) is 9.59 Å². The van der Waals surface area contributed by atoms with Crippen molar-refractivity contribution >= 4 is 45.3 Å². The van der Waals surface area contributed by atoms with Crippen molar-refractivity contribution in [2.45, 2.75) is 25.4 Å². The highest BCUT2D eigenvalue weighted by atomic mass is 19.4. The third-order valence-corrected chi connectivity index (χ3v) is 10.1. The van der Waals surface area contributed by atoms with E-state index in [4.69, 9.17) is 0 Å². The molecule has 0 bridgehead atoms. The van der Waals surface area contributed by atoms with Crippen molar-refractivity contribution in [3.63, 3.8) is 0 Å². The molecule has 2 N–H and O–H groups in total. The number of carbonyl (C=O) groups is 4. The maximum absolute atomic E-state index is 12.9. The zero-order valence-electron chi connectivity index (χ0n) is 32.1. The normalized spacial score (nSPS) is 11.6. The minimum absolute atomic E-state index is 0.00562. The summed E-state index contributed by atoms with van der Waals surface area (Å²) < 4.78 is 81.1. The molecule has 8 nitrogen and oxygen atoms in total. The van der Waals surface area contributed by atoms with Crippen LogP contribution in [0.25, 0.3) is 44.1 Å².